The topological polar surface area (TPSA) is 219 Å². The van der Waals surface area contributed by atoms with Crippen molar-refractivity contribution in [3.63, 3.8) is 0 Å². The maximum Gasteiger partial charge on any atom is 0.306 e. The molecule has 6 N–H and O–H groups in total. The highest BCUT2D eigenvalue weighted by molar-refractivity contribution is 5.71. The van der Waals surface area contributed by atoms with E-state index in [1.165, 1.54) is 128 Å². The zero-order chi connectivity index (χ0) is 47.1. The molecule has 2 saturated heterocycles. The van der Waals surface area contributed by atoms with Crippen molar-refractivity contribution >= 4 is 17.9 Å². The molecule has 0 bridgehead atoms. The van der Waals surface area contributed by atoms with Crippen molar-refractivity contribution in [2.45, 2.75) is 280 Å². The molecule has 14 heteroatoms. The van der Waals surface area contributed by atoms with Gasteiger partial charge >= 0.3 is 17.9 Å². The minimum absolute atomic E-state index is 0.0535. The molecule has 2 aliphatic heterocycles. The predicted molar refractivity (Wildman–Crippen MR) is 245 cm³/mol. The van der Waals surface area contributed by atoms with Gasteiger partial charge in [0.2, 0.25) is 6.10 Å². The van der Waals surface area contributed by atoms with Gasteiger partial charge in [-0.15, -0.1) is 0 Å². The highest BCUT2D eigenvalue weighted by atomic mass is 16.8. The summed E-state index contributed by atoms with van der Waals surface area (Å²) in [5.74, 6) is -5.58. The van der Waals surface area contributed by atoms with E-state index >= 15 is 0 Å². The van der Waals surface area contributed by atoms with Gasteiger partial charge in [0, 0.05) is 19.8 Å². The number of esters is 3. The van der Waals surface area contributed by atoms with Crippen LogP contribution >= 0.6 is 0 Å². The Bertz CT molecular complexity index is 1220. The van der Waals surface area contributed by atoms with Gasteiger partial charge in [0.05, 0.1) is 19.8 Å². The first-order chi connectivity index (χ1) is 31.0. The second-order valence-electron chi connectivity index (χ2n) is 18.7. The monoisotopic (exact) mass is 917 g/mol. The lowest BCUT2D eigenvalue weighted by Crippen LogP contribution is -2.79. The Hall–Kier alpha value is -1.91. The third-order valence-corrected chi connectivity index (χ3v) is 13.2. The molecule has 9 atom stereocenters. The maximum absolute atomic E-state index is 13.7. The number of carbonyl (C=O) groups excluding carboxylic acids is 3. The minimum atomic E-state index is -2.89. The van der Waals surface area contributed by atoms with Crippen LogP contribution in [-0.2, 0) is 38.1 Å². The minimum Gasteiger partial charge on any atom is -0.455 e. The van der Waals surface area contributed by atoms with E-state index in [4.69, 9.17) is 23.7 Å². The number of rotatable bonds is 39. The SMILES string of the molecule is CCCCCCCCCCCCCCCCCC(=O)O[C@H]1[C@H](O)[C@@H](CO)O[C@@](OC(C)=O)([C@@]2(CO)O[C@H](CO)[C@@H](O)[C@@H]2O)[C@@H]1OC(=O)CCCCCCCCCCCCCCCCC. The summed E-state index contributed by atoms with van der Waals surface area (Å²) in [5.41, 5.74) is -2.66. The van der Waals surface area contributed by atoms with Gasteiger partial charge in [-0.1, -0.05) is 194 Å². The Labute approximate surface area is 385 Å². The van der Waals surface area contributed by atoms with E-state index in [1.807, 2.05) is 0 Å². The van der Waals surface area contributed by atoms with Crippen LogP contribution in [0.1, 0.15) is 226 Å². The number of unbranched alkanes of at least 4 members (excludes halogenated alkanes) is 28. The lowest BCUT2D eigenvalue weighted by Gasteiger charge is -2.55. The standard InChI is InChI=1S/C50H92O14/c1-4-6-8-10-12-14-16-18-20-22-24-26-28-30-32-34-42(55)60-46-44(57)40(36-51)64-50(62-39(3)54,49(38-53)47(59)45(58)41(37-52)63-49)48(46)61-43(56)35-33-31-29-27-25-23-21-19-17-15-13-11-9-7-5-2/h40-41,44-48,51-53,57-59H,4-38H2,1-3H3/t40-,41-,44-,45-,46+,47+,48-,49+,50-/m1/s1. The molecule has 0 unspecified atom stereocenters. The van der Waals surface area contributed by atoms with E-state index < -0.39 is 91.8 Å². The summed E-state index contributed by atoms with van der Waals surface area (Å²) in [7, 11) is 0. The van der Waals surface area contributed by atoms with Gasteiger partial charge in [0.25, 0.3) is 5.79 Å². The molecule has 2 fully saturated rings. The van der Waals surface area contributed by atoms with Crippen molar-refractivity contribution in [2.75, 3.05) is 19.8 Å². The number of aliphatic hydroxyl groups is 6. The molecule has 0 radical (unpaired) electrons. The molecule has 0 aromatic heterocycles. The van der Waals surface area contributed by atoms with Gasteiger partial charge in [-0.25, -0.2) is 0 Å². The summed E-state index contributed by atoms with van der Waals surface area (Å²) in [4.78, 5) is 40.0. The Balaban J connectivity index is 2.06. The number of aliphatic hydroxyl groups excluding tert-OH is 6. The fourth-order valence-electron chi connectivity index (χ4n) is 9.37. The van der Waals surface area contributed by atoms with Gasteiger partial charge in [-0.05, 0) is 12.8 Å². The average Bonchev–Trinajstić information content (AvgIpc) is 3.54. The molecular formula is C50H92O14. The van der Waals surface area contributed by atoms with Gasteiger partial charge in [0.1, 0.15) is 30.5 Å². The number of hydrogen-bond acceptors (Lipinski definition) is 14. The molecule has 14 nitrogen and oxygen atoms in total. The number of hydrogen-bond donors (Lipinski definition) is 6. The van der Waals surface area contributed by atoms with Crippen molar-refractivity contribution in [1.29, 1.82) is 0 Å². The average molecular weight is 917 g/mol. The van der Waals surface area contributed by atoms with Gasteiger partial charge in [0.15, 0.2) is 11.7 Å². The van der Waals surface area contributed by atoms with Crippen molar-refractivity contribution < 1.29 is 68.7 Å². The molecular weight excluding hydrogens is 825 g/mol. The van der Waals surface area contributed by atoms with E-state index in [-0.39, 0.29) is 12.8 Å². The van der Waals surface area contributed by atoms with Gasteiger partial charge in [-0.2, -0.15) is 0 Å². The fourth-order valence-corrected chi connectivity index (χ4v) is 9.37. The Morgan fingerprint density at radius 3 is 1.16 bits per heavy atom. The van der Waals surface area contributed by atoms with Gasteiger partial charge < -0.3 is 54.3 Å². The van der Waals surface area contributed by atoms with Crippen LogP contribution in [0, 0.1) is 0 Å². The van der Waals surface area contributed by atoms with E-state index in [9.17, 15) is 45.0 Å². The fraction of sp³-hybridized carbons (Fsp3) is 0.940. The quantitative estimate of drug-likeness (QED) is 0.0195. The van der Waals surface area contributed by atoms with Crippen LogP contribution in [0.5, 0.6) is 0 Å². The van der Waals surface area contributed by atoms with Crippen LogP contribution in [0.4, 0.5) is 0 Å². The zero-order valence-electron chi connectivity index (χ0n) is 40.2. The molecule has 2 heterocycles. The van der Waals surface area contributed by atoms with Crippen molar-refractivity contribution in [3.05, 3.63) is 0 Å². The lowest BCUT2D eigenvalue weighted by molar-refractivity contribution is -0.414. The molecule has 2 aliphatic rings. The molecule has 64 heavy (non-hydrogen) atoms. The Kier molecular flexibility index (Phi) is 31.3. The normalized spacial score (nSPS) is 26.9. The van der Waals surface area contributed by atoms with Gasteiger partial charge in [-0.3, -0.25) is 14.4 Å². The summed E-state index contributed by atoms with van der Waals surface area (Å²) in [6.45, 7) is 2.44. The smallest absolute Gasteiger partial charge is 0.306 e. The number of ether oxygens (including phenoxy) is 5. The van der Waals surface area contributed by atoms with Crippen molar-refractivity contribution in [1.82, 2.24) is 0 Å². The second kappa shape index (κ2) is 34.4. The summed E-state index contributed by atoms with van der Waals surface area (Å²) in [6, 6.07) is 0. The molecule has 0 aromatic rings. The molecule has 0 saturated carbocycles. The largest absolute Gasteiger partial charge is 0.455 e. The van der Waals surface area contributed by atoms with E-state index in [2.05, 4.69) is 13.8 Å². The maximum atomic E-state index is 13.7. The predicted octanol–water partition coefficient (Wildman–Crippen LogP) is 8.19. The van der Waals surface area contributed by atoms with E-state index in [1.54, 1.807) is 0 Å². The Morgan fingerprint density at radius 2 is 0.828 bits per heavy atom. The molecule has 376 valence electrons. The lowest BCUT2D eigenvalue weighted by atomic mass is 9.77. The highest BCUT2D eigenvalue weighted by Crippen LogP contribution is 2.50. The molecule has 2 rings (SSSR count). The molecule has 0 amide bonds. The van der Waals surface area contributed by atoms with Crippen LogP contribution in [0.25, 0.3) is 0 Å². The first kappa shape index (κ1) is 58.2. The highest BCUT2D eigenvalue weighted by Gasteiger charge is 2.76. The first-order valence-electron chi connectivity index (χ1n) is 25.8. The third kappa shape index (κ3) is 19.7. The second-order valence-corrected chi connectivity index (χ2v) is 18.7. The van der Waals surface area contributed by atoms with Crippen LogP contribution in [0.3, 0.4) is 0 Å². The summed E-state index contributed by atoms with van der Waals surface area (Å²) >= 11 is 0. The summed E-state index contributed by atoms with van der Waals surface area (Å²) in [5, 5.41) is 65.2. The molecule has 0 aliphatic carbocycles. The summed E-state index contributed by atoms with van der Waals surface area (Å²) in [6.07, 6.45) is 21.1. The van der Waals surface area contributed by atoms with Crippen molar-refractivity contribution in [3.8, 4) is 0 Å². The third-order valence-electron chi connectivity index (χ3n) is 13.2. The van der Waals surface area contributed by atoms with Crippen LogP contribution < -0.4 is 0 Å². The van der Waals surface area contributed by atoms with Crippen LogP contribution in [-0.4, -0.2) is 122 Å². The molecule has 0 spiro atoms. The summed E-state index contributed by atoms with van der Waals surface area (Å²) < 4.78 is 29.3. The van der Waals surface area contributed by atoms with Crippen LogP contribution in [0.2, 0.25) is 0 Å². The van der Waals surface area contributed by atoms with E-state index in [0.717, 1.165) is 58.3 Å². The number of carbonyl (C=O) groups is 3. The van der Waals surface area contributed by atoms with E-state index in [0.29, 0.717) is 12.8 Å². The van der Waals surface area contributed by atoms with Crippen LogP contribution in [0.15, 0.2) is 0 Å². The Morgan fingerprint density at radius 1 is 0.484 bits per heavy atom. The first-order valence-corrected chi connectivity index (χ1v) is 25.8. The molecule has 0 aromatic carbocycles. The van der Waals surface area contributed by atoms with Crippen molar-refractivity contribution in [2.24, 2.45) is 0 Å². The zero-order valence-corrected chi connectivity index (χ0v) is 40.2.